The minimum atomic E-state index is -0.337. The van der Waals surface area contributed by atoms with Crippen molar-refractivity contribution in [3.8, 4) is 28.6 Å². The molecule has 10 nitrogen and oxygen atoms in total. The monoisotopic (exact) mass is 455 g/mol. The third kappa shape index (κ3) is 3.92. The molecule has 0 aliphatic rings. The van der Waals surface area contributed by atoms with E-state index in [0.29, 0.717) is 40.0 Å². The lowest BCUT2D eigenvalue weighted by Gasteiger charge is -2.11. The number of para-hydroxylation sites is 1. The van der Waals surface area contributed by atoms with E-state index >= 15 is 0 Å². The highest BCUT2D eigenvalue weighted by molar-refractivity contribution is 6.08. The van der Waals surface area contributed by atoms with Crippen molar-refractivity contribution in [3.63, 3.8) is 0 Å². The Bertz CT molecular complexity index is 1470. The highest BCUT2D eigenvalue weighted by Gasteiger charge is 2.22. The molecule has 3 aromatic heterocycles. The van der Waals surface area contributed by atoms with Gasteiger partial charge >= 0.3 is 0 Å². The number of carbonyl (C=O) groups is 1. The van der Waals surface area contributed by atoms with Gasteiger partial charge in [-0.15, -0.1) is 5.10 Å². The number of aromatic nitrogens is 6. The summed E-state index contributed by atoms with van der Waals surface area (Å²) in [5, 5.41) is 19.2. The molecule has 5 rings (SSSR count). The van der Waals surface area contributed by atoms with Gasteiger partial charge in [0.25, 0.3) is 5.91 Å². The number of hydrogen-bond donors (Lipinski definition) is 1. The first-order valence-corrected chi connectivity index (χ1v) is 10.5. The summed E-state index contributed by atoms with van der Waals surface area (Å²) in [4.78, 5) is 13.4. The Morgan fingerprint density at radius 1 is 1.06 bits per heavy atom. The van der Waals surface area contributed by atoms with Crippen molar-refractivity contribution in [2.45, 2.75) is 13.8 Å². The average molecular weight is 455 g/mol. The molecule has 0 unspecified atom stereocenters. The van der Waals surface area contributed by atoms with E-state index in [-0.39, 0.29) is 5.91 Å². The summed E-state index contributed by atoms with van der Waals surface area (Å²) in [6.07, 6.45) is 1.69. The quantitative estimate of drug-likeness (QED) is 0.412. The lowest BCUT2D eigenvalue weighted by Crippen LogP contribution is -2.13. The first kappa shape index (κ1) is 21.1. The van der Waals surface area contributed by atoms with Gasteiger partial charge in [0.05, 0.1) is 18.4 Å². The first-order chi connectivity index (χ1) is 16.5. The van der Waals surface area contributed by atoms with Gasteiger partial charge in [0.1, 0.15) is 22.9 Å². The fourth-order valence-electron chi connectivity index (χ4n) is 3.58. The topological polar surface area (TPSA) is 113 Å². The smallest absolute Gasteiger partial charge is 0.259 e. The molecule has 1 N–H and O–H groups in total. The minimum absolute atomic E-state index is 0.337. The van der Waals surface area contributed by atoms with Crippen molar-refractivity contribution in [1.82, 2.24) is 30.0 Å². The lowest BCUT2D eigenvalue weighted by molar-refractivity contribution is 0.102. The Balaban J connectivity index is 1.53. The molecule has 170 valence electrons. The zero-order valence-electron chi connectivity index (χ0n) is 18.8. The standard InChI is InChI=1S/C24H21N7O3/c1-15-9-11-22(34-15)23-19(14-30(27-23)18-7-5-4-6-8-18)24(32)25-17-10-12-21(33-3)20(13-17)31-16(2)26-28-29-31/h4-14H,1-3H3,(H,25,32). The average Bonchev–Trinajstić information content (AvgIpc) is 3.59. The molecule has 0 bridgehead atoms. The van der Waals surface area contributed by atoms with Crippen LogP contribution in [0.1, 0.15) is 21.9 Å². The van der Waals surface area contributed by atoms with E-state index in [4.69, 9.17) is 9.15 Å². The molecule has 0 radical (unpaired) electrons. The predicted octanol–water partition coefficient (Wildman–Crippen LogP) is 3.99. The van der Waals surface area contributed by atoms with E-state index in [1.165, 1.54) is 0 Å². The number of aryl methyl sites for hydroxylation is 2. The van der Waals surface area contributed by atoms with Gasteiger partial charge in [-0.2, -0.15) is 9.78 Å². The van der Waals surface area contributed by atoms with Crippen LogP contribution in [0.5, 0.6) is 5.75 Å². The van der Waals surface area contributed by atoms with Crippen LogP contribution < -0.4 is 10.1 Å². The normalized spacial score (nSPS) is 10.9. The van der Waals surface area contributed by atoms with E-state index < -0.39 is 0 Å². The van der Waals surface area contributed by atoms with Crippen molar-refractivity contribution in [1.29, 1.82) is 0 Å². The highest BCUT2D eigenvalue weighted by Crippen LogP contribution is 2.29. The lowest BCUT2D eigenvalue weighted by atomic mass is 10.2. The third-order valence-electron chi connectivity index (χ3n) is 5.24. The van der Waals surface area contributed by atoms with Crippen molar-refractivity contribution in [2.75, 3.05) is 12.4 Å². The third-order valence-corrected chi connectivity index (χ3v) is 5.24. The molecule has 0 spiro atoms. The predicted molar refractivity (Wildman–Crippen MR) is 124 cm³/mol. The van der Waals surface area contributed by atoms with Crippen LogP contribution in [0.2, 0.25) is 0 Å². The molecule has 0 fully saturated rings. The number of amides is 1. The number of carbonyl (C=O) groups excluding carboxylic acids is 1. The molecule has 1 amide bonds. The van der Waals surface area contributed by atoms with Crippen LogP contribution in [0.15, 0.2) is 71.3 Å². The number of tetrazole rings is 1. The molecule has 0 atom stereocenters. The van der Waals surface area contributed by atoms with E-state index in [9.17, 15) is 4.79 Å². The Kier molecular flexibility index (Phi) is 5.38. The molecule has 2 aromatic carbocycles. The maximum absolute atomic E-state index is 13.4. The van der Waals surface area contributed by atoms with Gasteiger partial charge in [-0.1, -0.05) is 18.2 Å². The van der Waals surface area contributed by atoms with Gasteiger partial charge in [-0.05, 0) is 66.7 Å². The van der Waals surface area contributed by atoms with Crippen LogP contribution in [0.3, 0.4) is 0 Å². The maximum Gasteiger partial charge on any atom is 0.259 e. The van der Waals surface area contributed by atoms with Gasteiger partial charge in [0.15, 0.2) is 11.6 Å². The molecule has 34 heavy (non-hydrogen) atoms. The maximum atomic E-state index is 13.4. The Hall–Kier alpha value is -4.73. The van der Waals surface area contributed by atoms with Gasteiger partial charge in [-0.3, -0.25) is 4.79 Å². The molecule has 0 saturated carbocycles. The number of nitrogens with zero attached hydrogens (tertiary/aromatic N) is 6. The van der Waals surface area contributed by atoms with Crippen LogP contribution in [0, 0.1) is 13.8 Å². The molecule has 0 aliphatic heterocycles. The van der Waals surface area contributed by atoms with Crippen molar-refractivity contribution in [2.24, 2.45) is 0 Å². The number of furan rings is 1. The summed E-state index contributed by atoms with van der Waals surface area (Å²) < 4.78 is 14.4. The van der Waals surface area contributed by atoms with E-state index in [2.05, 4.69) is 25.9 Å². The Labute approximate surface area is 194 Å². The number of anilines is 1. The SMILES string of the molecule is COc1ccc(NC(=O)c2cn(-c3ccccc3)nc2-c2ccc(C)o2)cc1-n1nnnc1C. The summed E-state index contributed by atoms with van der Waals surface area (Å²) in [6.45, 7) is 3.62. The number of rotatable bonds is 6. The van der Waals surface area contributed by atoms with E-state index in [0.717, 1.165) is 11.4 Å². The number of ether oxygens (including phenoxy) is 1. The summed E-state index contributed by atoms with van der Waals surface area (Å²) in [6, 6.07) is 18.4. The van der Waals surface area contributed by atoms with Gasteiger partial charge in [0.2, 0.25) is 0 Å². The zero-order valence-corrected chi connectivity index (χ0v) is 18.8. The summed E-state index contributed by atoms with van der Waals surface area (Å²) in [5.41, 5.74) is 2.79. The van der Waals surface area contributed by atoms with Crippen LogP contribution in [-0.2, 0) is 0 Å². The summed E-state index contributed by atoms with van der Waals surface area (Å²) in [5.74, 6) is 2.05. The zero-order chi connectivity index (χ0) is 23.7. The Morgan fingerprint density at radius 3 is 2.56 bits per heavy atom. The minimum Gasteiger partial charge on any atom is -0.494 e. The largest absolute Gasteiger partial charge is 0.494 e. The molecular formula is C24H21N7O3. The number of benzene rings is 2. The second kappa shape index (κ2) is 8.66. The van der Waals surface area contributed by atoms with E-state index in [1.54, 1.807) is 53.9 Å². The fourth-order valence-corrected chi connectivity index (χ4v) is 3.58. The van der Waals surface area contributed by atoms with Crippen LogP contribution in [-0.4, -0.2) is 43.0 Å². The second-order valence-electron chi connectivity index (χ2n) is 7.56. The van der Waals surface area contributed by atoms with Crippen molar-refractivity contribution in [3.05, 3.63) is 84.0 Å². The second-order valence-corrected chi connectivity index (χ2v) is 7.56. The van der Waals surface area contributed by atoms with Crippen molar-refractivity contribution >= 4 is 11.6 Å². The first-order valence-electron chi connectivity index (χ1n) is 10.5. The van der Waals surface area contributed by atoms with Crippen molar-refractivity contribution < 1.29 is 13.9 Å². The van der Waals surface area contributed by atoms with Gasteiger partial charge < -0.3 is 14.5 Å². The molecule has 3 heterocycles. The highest BCUT2D eigenvalue weighted by atomic mass is 16.5. The fraction of sp³-hybridized carbons (Fsp3) is 0.125. The Morgan fingerprint density at radius 2 is 1.88 bits per heavy atom. The molecule has 0 saturated heterocycles. The number of hydrogen-bond acceptors (Lipinski definition) is 7. The number of methoxy groups -OCH3 is 1. The summed E-state index contributed by atoms with van der Waals surface area (Å²) >= 11 is 0. The van der Waals surface area contributed by atoms with Gasteiger partial charge in [-0.25, -0.2) is 4.68 Å². The number of nitrogens with one attached hydrogen (secondary N) is 1. The summed E-state index contributed by atoms with van der Waals surface area (Å²) in [7, 11) is 1.56. The molecule has 0 aliphatic carbocycles. The van der Waals surface area contributed by atoms with E-state index in [1.807, 2.05) is 43.3 Å². The molecule has 5 aromatic rings. The van der Waals surface area contributed by atoms with Crippen LogP contribution in [0.4, 0.5) is 5.69 Å². The van der Waals surface area contributed by atoms with Crippen LogP contribution in [0.25, 0.3) is 22.8 Å². The molecular weight excluding hydrogens is 434 g/mol. The van der Waals surface area contributed by atoms with Crippen LogP contribution >= 0.6 is 0 Å². The molecule has 10 heteroatoms. The van der Waals surface area contributed by atoms with Gasteiger partial charge in [0, 0.05) is 11.9 Å².